The van der Waals surface area contributed by atoms with Gasteiger partial charge in [0.1, 0.15) is 5.56 Å². The summed E-state index contributed by atoms with van der Waals surface area (Å²) in [6.45, 7) is -0.341. The summed E-state index contributed by atoms with van der Waals surface area (Å²) in [6.07, 6.45) is 2.29. The molecule has 2 heterocycles. The van der Waals surface area contributed by atoms with Crippen LogP contribution in [0.4, 0.5) is 5.69 Å². The SMILES string of the molecule is COC(=O)c1cc([N+](=O)[O-])cn(CC(=O)c2ccc(CCNS(C)(=O)=O)s2)c1=O. The van der Waals surface area contributed by atoms with Crippen molar-refractivity contribution in [3.63, 3.8) is 0 Å². The molecule has 2 aromatic rings. The summed E-state index contributed by atoms with van der Waals surface area (Å²) in [5.41, 5.74) is -1.96. The van der Waals surface area contributed by atoms with Crippen LogP contribution in [0.2, 0.25) is 0 Å². The Bertz CT molecular complexity index is 1120. The molecule has 156 valence electrons. The molecule has 0 amide bonds. The second kappa shape index (κ2) is 9.07. The first-order valence-electron chi connectivity index (χ1n) is 8.05. The Labute approximate surface area is 169 Å². The molecule has 29 heavy (non-hydrogen) atoms. The van der Waals surface area contributed by atoms with Crippen LogP contribution in [0, 0.1) is 10.1 Å². The van der Waals surface area contributed by atoms with E-state index < -0.39 is 50.1 Å². The highest BCUT2D eigenvalue weighted by molar-refractivity contribution is 7.88. The Hall–Kier alpha value is -2.90. The molecule has 0 fully saturated rings. The molecular formula is C16H17N3O8S2. The van der Waals surface area contributed by atoms with Crippen LogP contribution in [0.5, 0.6) is 0 Å². The van der Waals surface area contributed by atoms with Gasteiger partial charge in [-0.1, -0.05) is 0 Å². The van der Waals surface area contributed by atoms with Gasteiger partial charge in [-0.25, -0.2) is 17.9 Å². The fourth-order valence-electron chi connectivity index (χ4n) is 2.35. The lowest BCUT2D eigenvalue weighted by molar-refractivity contribution is -0.385. The van der Waals surface area contributed by atoms with Gasteiger partial charge in [0.15, 0.2) is 5.78 Å². The Morgan fingerprint density at radius 2 is 2.03 bits per heavy atom. The van der Waals surface area contributed by atoms with Crippen LogP contribution in [-0.4, -0.2) is 49.6 Å². The van der Waals surface area contributed by atoms with Crippen LogP contribution < -0.4 is 10.3 Å². The fourth-order valence-corrected chi connectivity index (χ4v) is 3.76. The highest BCUT2D eigenvalue weighted by Gasteiger charge is 2.21. The molecule has 0 spiro atoms. The Morgan fingerprint density at radius 3 is 2.62 bits per heavy atom. The number of Topliss-reactive ketones (excluding diaryl/α,β-unsaturated/α-hetero) is 1. The minimum atomic E-state index is -3.32. The number of nitrogens with zero attached hydrogens (tertiary/aromatic N) is 2. The van der Waals surface area contributed by atoms with Crippen LogP contribution in [0.1, 0.15) is 24.9 Å². The first kappa shape index (κ1) is 22.4. The lowest BCUT2D eigenvalue weighted by Crippen LogP contribution is -2.29. The van der Waals surface area contributed by atoms with E-state index in [-0.39, 0.29) is 11.4 Å². The van der Waals surface area contributed by atoms with Gasteiger partial charge >= 0.3 is 5.97 Å². The number of esters is 1. The molecule has 0 saturated heterocycles. The van der Waals surface area contributed by atoms with Crippen LogP contribution in [0.3, 0.4) is 0 Å². The third kappa shape index (κ3) is 6.04. The molecule has 0 aliphatic heterocycles. The Kier molecular flexibility index (Phi) is 7.00. The fraction of sp³-hybridized carbons (Fsp3) is 0.312. The van der Waals surface area contributed by atoms with E-state index in [0.717, 1.165) is 46.4 Å². The van der Waals surface area contributed by atoms with Gasteiger partial charge in [0, 0.05) is 17.5 Å². The van der Waals surface area contributed by atoms with Crippen molar-refractivity contribution in [2.24, 2.45) is 0 Å². The van der Waals surface area contributed by atoms with Gasteiger partial charge in [0.2, 0.25) is 10.0 Å². The molecule has 0 aromatic carbocycles. The van der Waals surface area contributed by atoms with E-state index in [1.165, 1.54) is 6.07 Å². The first-order chi connectivity index (χ1) is 13.5. The number of sulfonamides is 1. The predicted molar refractivity (Wildman–Crippen MR) is 104 cm³/mol. The van der Waals surface area contributed by atoms with Crippen molar-refractivity contribution in [3.8, 4) is 0 Å². The molecule has 1 N–H and O–H groups in total. The maximum absolute atomic E-state index is 12.5. The monoisotopic (exact) mass is 443 g/mol. The predicted octanol–water partition coefficient (Wildman–Crippen LogP) is 0.579. The van der Waals surface area contributed by atoms with Crippen molar-refractivity contribution in [2.75, 3.05) is 19.9 Å². The second-order valence-corrected chi connectivity index (χ2v) is 8.90. The number of ketones is 1. The summed E-state index contributed by atoms with van der Waals surface area (Å²) in [5, 5.41) is 11.1. The summed E-state index contributed by atoms with van der Waals surface area (Å²) in [7, 11) is -2.29. The van der Waals surface area contributed by atoms with E-state index in [0.29, 0.717) is 6.42 Å². The molecule has 0 atom stereocenters. The topological polar surface area (TPSA) is 155 Å². The van der Waals surface area contributed by atoms with Gasteiger partial charge in [-0.05, 0) is 18.6 Å². The average Bonchev–Trinajstić information content (AvgIpc) is 3.10. The van der Waals surface area contributed by atoms with Gasteiger partial charge in [-0.3, -0.25) is 19.7 Å². The number of carbonyl (C=O) groups excluding carboxylic acids is 2. The average molecular weight is 443 g/mol. The van der Waals surface area contributed by atoms with Gasteiger partial charge < -0.3 is 9.30 Å². The molecule has 2 rings (SSSR count). The standard InChI is InChI=1S/C16H17N3O8S2/c1-27-16(22)12-7-10(19(23)24)8-18(15(12)21)9-13(20)14-4-3-11(28-14)5-6-17-29(2,25)26/h3-4,7-8,17H,5-6,9H2,1-2H3. The van der Waals surface area contributed by atoms with Crippen LogP contribution in [-0.2, 0) is 27.7 Å². The van der Waals surface area contributed by atoms with E-state index in [1.807, 2.05) is 0 Å². The highest BCUT2D eigenvalue weighted by atomic mass is 32.2. The zero-order valence-corrected chi connectivity index (χ0v) is 17.0. The van der Waals surface area contributed by atoms with Crippen molar-refractivity contribution >= 4 is 38.8 Å². The molecule has 0 saturated carbocycles. The number of thiophene rings is 1. The summed E-state index contributed by atoms with van der Waals surface area (Å²) in [4.78, 5) is 47.9. The Balaban J connectivity index is 2.22. The lowest BCUT2D eigenvalue weighted by Gasteiger charge is -2.06. The zero-order chi connectivity index (χ0) is 21.8. The van der Waals surface area contributed by atoms with Crippen molar-refractivity contribution in [1.82, 2.24) is 9.29 Å². The molecule has 0 aliphatic carbocycles. The Morgan fingerprint density at radius 1 is 1.34 bits per heavy atom. The van der Waals surface area contributed by atoms with Crippen LogP contribution in [0.25, 0.3) is 0 Å². The van der Waals surface area contributed by atoms with Gasteiger partial charge in [-0.15, -0.1) is 11.3 Å². The van der Waals surface area contributed by atoms with E-state index in [4.69, 9.17) is 0 Å². The number of methoxy groups -OCH3 is 1. The second-order valence-electron chi connectivity index (χ2n) is 5.90. The van der Waals surface area contributed by atoms with Crippen molar-refractivity contribution in [2.45, 2.75) is 13.0 Å². The smallest absolute Gasteiger partial charge is 0.343 e. The maximum atomic E-state index is 12.5. The summed E-state index contributed by atoms with van der Waals surface area (Å²) < 4.78 is 29.7. The molecule has 2 aromatic heterocycles. The largest absolute Gasteiger partial charge is 0.465 e. The number of ether oxygens (including phenoxy) is 1. The van der Waals surface area contributed by atoms with E-state index in [2.05, 4.69) is 9.46 Å². The highest BCUT2D eigenvalue weighted by Crippen LogP contribution is 2.19. The number of rotatable bonds is 9. The minimum absolute atomic E-state index is 0.166. The van der Waals surface area contributed by atoms with Crippen molar-refractivity contribution < 1.29 is 27.7 Å². The van der Waals surface area contributed by atoms with Gasteiger partial charge in [0.25, 0.3) is 11.2 Å². The number of aromatic nitrogens is 1. The van der Waals surface area contributed by atoms with Crippen LogP contribution >= 0.6 is 11.3 Å². The zero-order valence-electron chi connectivity index (χ0n) is 15.4. The number of carbonyl (C=O) groups is 2. The summed E-state index contributed by atoms with van der Waals surface area (Å²) in [5.74, 6) is -1.53. The van der Waals surface area contributed by atoms with Crippen LogP contribution in [0.15, 0.2) is 29.2 Å². The number of nitro groups is 1. The maximum Gasteiger partial charge on any atom is 0.343 e. The molecule has 0 bridgehead atoms. The van der Waals surface area contributed by atoms with E-state index in [9.17, 15) is 32.9 Å². The minimum Gasteiger partial charge on any atom is -0.465 e. The summed E-state index contributed by atoms with van der Waals surface area (Å²) in [6, 6.07) is 3.97. The normalized spacial score (nSPS) is 11.2. The van der Waals surface area contributed by atoms with E-state index in [1.54, 1.807) is 6.07 Å². The van der Waals surface area contributed by atoms with Gasteiger partial charge in [0.05, 0.1) is 35.9 Å². The van der Waals surface area contributed by atoms with E-state index >= 15 is 0 Å². The number of hydrogen-bond donors (Lipinski definition) is 1. The molecule has 11 nitrogen and oxygen atoms in total. The quantitative estimate of drug-likeness (QED) is 0.255. The van der Waals surface area contributed by atoms with Crippen molar-refractivity contribution in [3.05, 3.63) is 60.2 Å². The third-order valence-corrected chi connectivity index (χ3v) is 5.59. The number of hydrogen-bond acceptors (Lipinski definition) is 9. The molecule has 0 unspecified atom stereocenters. The molecular weight excluding hydrogens is 426 g/mol. The molecule has 13 heteroatoms. The number of pyridine rings is 1. The van der Waals surface area contributed by atoms with Crippen molar-refractivity contribution in [1.29, 1.82) is 0 Å². The lowest BCUT2D eigenvalue weighted by atomic mass is 10.2. The first-order valence-corrected chi connectivity index (χ1v) is 10.8. The summed E-state index contributed by atoms with van der Waals surface area (Å²) >= 11 is 1.12. The van der Waals surface area contributed by atoms with Gasteiger partial charge in [-0.2, -0.15) is 0 Å². The molecule has 0 radical (unpaired) electrons. The molecule has 0 aliphatic rings. The third-order valence-electron chi connectivity index (χ3n) is 3.67. The number of nitrogens with one attached hydrogen (secondary N) is 1.